The fourth-order valence-corrected chi connectivity index (χ4v) is 4.49. The molecule has 0 aromatic heterocycles. The largest absolute Gasteiger partial charge is 0.325 e. The van der Waals surface area contributed by atoms with Crippen molar-refractivity contribution in [2.75, 3.05) is 5.32 Å². The van der Waals surface area contributed by atoms with E-state index in [4.69, 9.17) is 0 Å². The predicted octanol–water partition coefficient (Wildman–Crippen LogP) is 6.90. The van der Waals surface area contributed by atoms with Gasteiger partial charge in [-0.2, -0.15) is 0 Å². The number of rotatable bonds is 8. The lowest BCUT2D eigenvalue weighted by Gasteiger charge is -2.18. The number of amides is 1. The first-order valence-corrected chi connectivity index (χ1v) is 11.9. The Morgan fingerprint density at radius 3 is 1.89 bits per heavy atom. The smallest absolute Gasteiger partial charge is 0.236 e. The second kappa shape index (κ2) is 10.8. The summed E-state index contributed by atoms with van der Waals surface area (Å²) in [5.41, 5.74) is 5.21. The summed E-state index contributed by atoms with van der Waals surface area (Å²) < 4.78 is 0. The van der Waals surface area contributed by atoms with Crippen LogP contribution in [0.2, 0.25) is 0 Å². The van der Waals surface area contributed by atoms with Crippen molar-refractivity contribution >= 4 is 22.4 Å². The maximum Gasteiger partial charge on any atom is 0.236 e. The minimum atomic E-state index is -0.362. The van der Waals surface area contributed by atoms with Gasteiger partial charge in [0.15, 0.2) is 0 Å². The van der Waals surface area contributed by atoms with E-state index in [1.807, 2.05) is 72.8 Å². The van der Waals surface area contributed by atoms with Gasteiger partial charge in [-0.25, -0.2) is 0 Å². The molecule has 5 rings (SSSR count). The number of hydrogen-bond acceptors (Lipinski definition) is 2. The summed E-state index contributed by atoms with van der Waals surface area (Å²) in [6.07, 6.45) is 0. The molecular formula is C32H28N2O. The maximum absolute atomic E-state index is 13.3. The van der Waals surface area contributed by atoms with Gasteiger partial charge < -0.3 is 10.6 Å². The van der Waals surface area contributed by atoms with Crippen LogP contribution in [0.1, 0.15) is 28.2 Å². The van der Waals surface area contributed by atoms with Gasteiger partial charge in [-0.05, 0) is 45.2 Å². The zero-order valence-electron chi connectivity index (χ0n) is 19.5. The van der Waals surface area contributed by atoms with Crippen molar-refractivity contribution in [3.05, 3.63) is 150 Å². The summed E-state index contributed by atoms with van der Waals surface area (Å²) in [4.78, 5) is 13.3. The quantitative estimate of drug-likeness (QED) is 0.267. The van der Waals surface area contributed by atoms with E-state index in [1.165, 1.54) is 21.9 Å². The van der Waals surface area contributed by atoms with Gasteiger partial charge in [0.1, 0.15) is 0 Å². The fourth-order valence-electron chi connectivity index (χ4n) is 4.49. The predicted molar refractivity (Wildman–Crippen MR) is 144 cm³/mol. The average molecular weight is 457 g/mol. The van der Waals surface area contributed by atoms with Gasteiger partial charge in [0, 0.05) is 18.8 Å². The summed E-state index contributed by atoms with van der Waals surface area (Å²) in [6.45, 7) is 1.56. The van der Waals surface area contributed by atoms with E-state index in [1.54, 1.807) is 0 Å². The summed E-state index contributed by atoms with van der Waals surface area (Å²) in [5, 5.41) is 9.20. The number of benzene rings is 5. The van der Waals surface area contributed by atoms with Gasteiger partial charge in [0.05, 0.1) is 5.92 Å². The van der Waals surface area contributed by atoms with Crippen LogP contribution in [0.3, 0.4) is 0 Å². The summed E-state index contributed by atoms with van der Waals surface area (Å²) in [6, 6.07) is 42.8. The summed E-state index contributed by atoms with van der Waals surface area (Å²) >= 11 is 0. The van der Waals surface area contributed by atoms with Gasteiger partial charge in [0.2, 0.25) is 5.91 Å². The molecule has 0 heterocycles. The molecule has 0 aliphatic rings. The first-order chi connectivity index (χ1) is 17.3. The molecule has 0 spiro atoms. The van der Waals surface area contributed by atoms with Crippen LogP contribution >= 0.6 is 0 Å². The highest BCUT2D eigenvalue weighted by Gasteiger charge is 2.22. The molecule has 3 heteroatoms. The van der Waals surface area contributed by atoms with E-state index < -0.39 is 0 Å². The van der Waals surface area contributed by atoms with Crippen molar-refractivity contribution in [3.8, 4) is 0 Å². The zero-order chi connectivity index (χ0) is 23.9. The standard InChI is InChI=1S/C32H28N2O/c35-32(31(26-11-3-1-4-12-26)27-13-5-2-6-14-27)34-29-20-18-24(19-21-29)22-33-23-28-16-9-15-25-10-7-8-17-30(25)28/h1-21,31,33H,22-23H2,(H,34,35). The molecule has 3 nitrogen and oxygen atoms in total. The van der Waals surface area contributed by atoms with E-state index in [0.717, 1.165) is 29.9 Å². The van der Waals surface area contributed by atoms with Crippen LogP contribution in [0.4, 0.5) is 5.69 Å². The third-order valence-corrected chi connectivity index (χ3v) is 6.27. The van der Waals surface area contributed by atoms with E-state index in [-0.39, 0.29) is 11.8 Å². The van der Waals surface area contributed by atoms with E-state index in [9.17, 15) is 4.79 Å². The maximum atomic E-state index is 13.3. The Balaban J connectivity index is 1.23. The number of anilines is 1. The van der Waals surface area contributed by atoms with Gasteiger partial charge >= 0.3 is 0 Å². The number of hydrogen-bond donors (Lipinski definition) is 2. The molecule has 0 saturated heterocycles. The highest BCUT2D eigenvalue weighted by Crippen LogP contribution is 2.26. The van der Waals surface area contributed by atoms with Crippen molar-refractivity contribution in [1.29, 1.82) is 0 Å². The lowest BCUT2D eigenvalue weighted by atomic mass is 9.90. The van der Waals surface area contributed by atoms with E-state index in [2.05, 4.69) is 65.2 Å². The topological polar surface area (TPSA) is 41.1 Å². The Morgan fingerprint density at radius 2 is 1.20 bits per heavy atom. The second-order valence-corrected chi connectivity index (χ2v) is 8.68. The van der Waals surface area contributed by atoms with Crippen LogP contribution in [0.25, 0.3) is 10.8 Å². The highest BCUT2D eigenvalue weighted by atomic mass is 16.1. The van der Waals surface area contributed by atoms with E-state index in [0.29, 0.717) is 0 Å². The number of carbonyl (C=O) groups is 1. The number of fused-ring (bicyclic) bond motifs is 1. The SMILES string of the molecule is O=C(Nc1ccc(CNCc2cccc3ccccc23)cc1)C(c1ccccc1)c1ccccc1. The van der Waals surface area contributed by atoms with Crippen molar-refractivity contribution in [1.82, 2.24) is 5.32 Å². The molecule has 5 aromatic carbocycles. The Labute approximate surface area is 206 Å². The van der Waals surface area contributed by atoms with Crippen LogP contribution in [0.5, 0.6) is 0 Å². The normalized spacial score (nSPS) is 11.0. The molecule has 0 atom stereocenters. The molecule has 0 saturated carbocycles. The summed E-state index contributed by atoms with van der Waals surface area (Å²) in [5.74, 6) is -0.399. The van der Waals surface area contributed by atoms with Gasteiger partial charge in [-0.3, -0.25) is 4.79 Å². The van der Waals surface area contributed by atoms with E-state index >= 15 is 0 Å². The molecule has 0 unspecified atom stereocenters. The van der Waals surface area contributed by atoms with Crippen molar-refractivity contribution in [2.45, 2.75) is 19.0 Å². The molecule has 0 aliphatic heterocycles. The van der Waals surface area contributed by atoms with Crippen LogP contribution in [-0.2, 0) is 17.9 Å². The Morgan fingerprint density at radius 1 is 0.600 bits per heavy atom. The number of nitrogens with one attached hydrogen (secondary N) is 2. The van der Waals surface area contributed by atoms with Gasteiger partial charge in [-0.1, -0.05) is 115 Å². The Kier molecular flexibility index (Phi) is 6.97. The third kappa shape index (κ3) is 5.48. The van der Waals surface area contributed by atoms with Gasteiger partial charge in [0.25, 0.3) is 0 Å². The molecule has 5 aromatic rings. The monoisotopic (exact) mass is 456 g/mol. The first-order valence-electron chi connectivity index (χ1n) is 11.9. The van der Waals surface area contributed by atoms with Crippen LogP contribution in [0.15, 0.2) is 127 Å². The molecule has 0 bridgehead atoms. The van der Waals surface area contributed by atoms with Crippen LogP contribution in [-0.4, -0.2) is 5.91 Å². The van der Waals surface area contributed by atoms with Crippen molar-refractivity contribution in [2.24, 2.45) is 0 Å². The van der Waals surface area contributed by atoms with Gasteiger partial charge in [-0.15, -0.1) is 0 Å². The minimum Gasteiger partial charge on any atom is -0.325 e. The Hall–Kier alpha value is -4.21. The minimum absolute atomic E-state index is 0.0377. The molecule has 1 amide bonds. The zero-order valence-corrected chi connectivity index (χ0v) is 19.5. The average Bonchev–Trinajstić information content (AvgIpc) is 2.91. The molecule has 35 heavy (non-hydrogen) atoms. The third-order valence-electron chi connectivity index (χ3n) is 6.27. The number of carbonyl (C=O) groups excluding carboxylic acids is 1. The highest BCUT2D eigenvalue weighted by molar-refractivity contribution is 5.98. The molecule has 0 radical (unpaired) electrons. The molecule has 0 fully saturated rings. The van der Waals surface area contributed by atoms with Crippen LogP contribution in [0, 0.1) is 0 Å². The fraction of sp³-hybridized carbons (Fsp3) is 0.0938. The molecule has 172 valence electrons. The Bertz CT molecular complexity index is 1350. The summed E-state index contributed by atoms with van der Waals surface area (Å²) in [7, 11) is 0. The lowest BCUT2D eigenvalue weighted by molar-refractivity contribution is -0.116. The van der Waals surface area contributed by atoms with Crippen molar-refractivity contribution in [3.63, 3.8) is 0 Å². The lowest BCUT2D eigenvalue weighted by Crippen LogP contribution is -2.22. The van der Waals surface area contributed by atoms with Crippen molar-refractivity contribution < 1.29 is 4.79 Å². The second-order valence-electron chi connectivity index (χ2n) is 8.68. The molecule has 2 N–H and O–H groups in total. The molecular weight excluding hydrogens is 428 g/mol. The first kappa shape index (κ1) is 22.6. The van der Waals surface area contributed by atoms with Crippen LogP contribution < -0.4 is 10.6 Å². The molecule has 0 aliphatic carbocycles.